The maximum Gasteiger partial charge on any atom is 0.164 e. The number of para-hydroxylation sites is 1. The van der Waals surface area contributed by atoms with E-state index in [1.807, 2.05) is 30.3 Å². The van der Waals surface area contributed by atoms with Crippen molar-refractivity contribution in [2.45, 2.75) is 0 Å². The summed E-state index contributed by atoms with van der Waals surface area (Å²) in [5, 5.41) is 10.8. The van der Waals surface area contributed by atoms with Crippen LogP contribution >= 0.6 is 0 Å². The van der Waals surface area contributed by atoms with Crippen molar-refractivity contribution < 1.29 is 4.42 Å². The number of benzene rings is 7. The molecule has 0 aliphatic heterocycles. The first-order valence-electron chi connectivity index (χ1n) is 13.2. The van der Waals surface area contributed by atoms with Crippen LogP contribution in [0.4, 0.5) is 0 Å². The first-order valence-corrected chi connectivity index (χ1v) is 13.2. The minimum Gasteiger partial charge on any atom is -0.455 e. The molecule has 0 spiro atoms. The molecule has 0 saturated heterocycles. The summed E-state index contributed by atoms with van der Waals surface area (Å²) in [4.78, 5) is 10.2. The van der Waals surface area contributed by atoms with Crippen LogP contribution in [0.5, 0.6) is 0 Å². The highest BCUT2D eigenvalue weighted by Gasteiger charge is 2.22. The molecule has 3 heteroatoms. The maximum absolute atomic E-state index is 6.66. The molecule has 9 rings (SSSR count). The average Bonchev–Trinajstić information content (AvgIpc) is 3.40. The fourth-order valence-electron chi connectivity index (χ4n) is 6.33. The summed E-state index contributed by atoms with van der Waals surface area (Å²) in [6.07, 6.45) is 0. The summed E-state index contributed by atoms with van der Waals surface area (Å²) in [7, 11) is 0. The zero-order chi connectivity index (χ0) is 25.5. The van der Waals surface area contributed by atoms with Crippen LogP contribution in [-0.2, 0) is 0 Å². The molecule has 7 aromatic carbocycles. The Bertz CT molecular complexity index is 2390. The van der Waals surface area contributed by atoms with Gasteiger partial charge in [-0.3, -0.25) is 0 Å². The van der Waals surface area contributed by atoms with Crippen molar-refractivity contribution in [1.29, 1.82) is 0 Å². The lowest BCUT2D eigenvalue weighted by Crippen LogP contribution is -1.95. The van der Waals surface area contributed by atoms with E-state index in [1.54, 1.807) is 0 Å². The third-order valence-electron chi connectivity index (χ3n) is 8.03. The van der Waals surface area contributed by atoms with E-state index < -0.39 is 0 Å². The molecule has 3 nitrogen and oxygen atoms in total. The lowest BCUT2D eigenvalue weighted by molar-refractivity contribution is 0.670. The van der Waals surface area contributed by atoms with E-state index in [1.165, 1.54) is 32.3 Å². The van der Waals surface area contributed by atoms with Gasteiger partial charge < -0.3 is 4.42 Å². The fourth-order valence-corrected chi connectivity index (χ4v) is 6.33. The maximum atomic E-state index is 6.66. The Balaban J connectivity index is 1.42. The Hall–Kier alpha value is -5.28. The van der Waals surface area contributed by atoms with Crippen LogP contribution in [0.2, 0.25) is 0 Å². The topological polar surface area (TPSA) is 38.9 Å². The molecular weight excluding hydrogens is 476 g/mol. The van der Waals surface area contributed by atoms with E-state index in [-0.39, 0.29) is 0 Å². The van der Waals surface area contributed by atoms with Gasteiger partial charge in [0.25, 0.3) is 0 Å². The number of nitrogens with zero attached hydrogens (tertiary/aromatic N) is 2. The zero-order valence-corrected chi connectivity index (χ0v) is 20.8. The van der Waals surface area contributed by atoms with Crippen molar-refractivity contribution in [1.82, 2.24) is 9.97 Å². The molecule has 0 fully saturated rings. The van der Waals surface area contributed by atoms with E-state index in [4.69, 9.17) is 14.4 Å². The molecule has 39 heavy (non-hydrogen) atoms. The number of aromatic nitrogens is 2. The van der Waals surface area contributed by atoms with Gasteiger partial charge in [0.15, 0.2) is 5.82 Å². The minimum absolute atomic E-state index is 0.670. The van der Waals surface area contributed by atoms with Crippen LogP contribution in [0.1, 0.15) is 0 Å². The van der Waals surface area contributed by atoms with Gasteiger partial charge in [-0.1, -0.05) is 103 Å². The lowest BCUT2D eigenvalue weighted by Gasteiger charge is -2.13. The van der Waals surface area contributed by atoms with Crippen LogP contribution in [0.25, 0.3) is 87.8 Å². The molecule has 0 saturated carbocycles. The van der Waals surface area contributed by atoms with Gasteiger partial charge in [-0.2, -0.15) is 0 Å². The van der Waals surface area contributed by atoms with E-state index >= 15 is 0 Å². The first-order chi connectivity index (χ1) is 19.3. The van der Waals surface area contributed by atoms with E-state index in [9.17, 15) is 0 Å². The lowest BCUT2D eigenvalue weighted by atomic mass is 9.90. The molecule has 2 heterocycles. The minimum atomic E-state index is 0.670. The second-order valence-electron chi connectivity index (χ2n) is 10.1. The second kappa shape index (κ2) is 7.62. The number of rotatable bonds is 2. The Morgan fingerprint density at radius 3 is 2.13 bits per heavy atom. The van der Waals surface area contributed by atoms with Crippen molar-refractivity contribution >= 4 is 65.2 Å². The molecule has 0 atom stereocenters. The second-order valence-corrected chi connectivity index (χ2v) is 10.1. The zero-order valence-electron chi connectivity index (χ0n) is 20.8. The van der Waals surface area contributed by atoms with Crippen LogP contribution in [0, 0.1) is 0 Å². The van der Waals surface area contributed by atoms with Gasteiger partial charge in [0.05, 0.1) is 16.8 Å². The van der Waals surface area contributed by atoms with Gasteiger partial charge in [0.1, 0.15) is 11.2 Å². The van der Waals surface area contributed by atoms with Gasteiger partial charge in [-0.25, -0.2) is 9.97 Å². The largest absolute Gasteiger partial charge is 0.455 e. The van der Waals surface area contributed by atoms with Crippen LogP contribution in [0.3, 0.4) is 0 Å². The highest BCUT2D eigenvalue weighted by molar-refractivity contribution is 6.37. The normalized spacial score (nSPS) is 12.1. The van der Waals surface area contributed by atoms with Crippen molar-refractivity contribution in [2.75, 3.05) is 0 Å². The highest BCUT2D eigenvalue weighted by atomic mass is 16.3. The number of hydrogen-bond donors (Lipinski definition) is 0. The van der Waals surface area contributed by atoms with Crippen molar-refractivity contribution in [3.8, 4) is 22.6 Å². The highest BCUT2D eigenvalue weighted by Crippen LogP contribution is 2.46. The Morgan fingerprint density at radius 2 is 1.21 bits per heavy atom. The molecule has 0 unspecified atom stereocenters. The summed E-state index contributed by atoms with van der Waals surface area (Å²) in [6.45, 7) is 0. The number of fused-ring (bicyclic) bond motifs is 6. The first kappa shape index (κ1) is 20.7. The van der Waals surface area contributed by atoms with Crippen molar-refractivity contribution in [3.63, 3.8) is 0 Å². The number of hydrogen-bond acceptors (Lipinski definition) is 3. The summed E-state index contributed by atoms with van der Waals surface area (Å²) < 4.78 is 6.66. The molecule has 0 amide bonds. The molecule has 0 N–H and O–H groups in total. The van der Waals surface area contributed by atoms with Gasteiger partial charge in [-0.05, 0) is 50.5 Å². The summed E-state index contributed by atoms with van der Waals surface area (Å²) in [5.41, 5.74) is 5.54. The summed E-state index contributed by atoms with van der Waals surface area (Å²) in [5.74, 6) is 0.670. The van der Waals surface area contributed by atoms with Gasteiger partial charge in [-0.15, -0.1) is 0 Å². The molecular formula is C36H20N2O. The van der Waals surface area contributed by atoms with Gasteiger partial charge in [0.2, 0.25) is 0 Å². The third kappa shape index (κ3) is 2.82. The van der Waals surface area contributed by atoms with Gasteiger partial charge in [0, 0.05) is 21.7 Å². The molecule has 2 aromatic heterocycles. The number of furan rings is 1. The van der Waals surface area contributed by atoms with Crippen molar-refractivity contribution in [2.24, 2.45) is 0 Å². The summed E-state index contributed by atoms with van der Waals surface area (Å²) in [6, 6.07) is 42.4. The standard InChI is InChI=1S/C36H20N2O/c1-2-10-22(11-3-1)34-26-13-6-7-15-29(26)37-36(38-34)28-20-19-25-24-18-17-21-9-4-5-12-23(21)31(24)27-14-8-16-30-32(27)33(25)35(28)39-30/h1-20H. The molecule has 9 aromatic rings. The fraction of sp³-hybridized carbons (Fsp3) is 0. The Kier molecular flexibility index (Phi) is 4.05. The van der Waals surface area contributed by atoms with Crippen LogP contribution in [0.15, 0.2) is 126 Å². The third-order valence-corrected chi connectivity index (χ3v) is 8.03. The van der Waals surface area contributed by atoms with Crippen LogP contribution < -0.4 is 0 Å². The molecule has 0 radical (unpaired) electrons. The molecule has 180 valence electrons. The summed E-state index contributed by atoms with van der Waals surface area (Å²) >= 11 is 0. The van der Waals surface area contributed by atoms with Crippen molar-refractivity contribution in [3.05, 3.63) is 121 Å². The SMILES string of the molecule is c1ccc(-c2nc(-c3ccc4c5ccc6ccccc6c5c5cccc6oc3c4c65)nc3ccccc23)cc1. The molecule has 0 bridgehead atoms. The average molecular weight is 497 g/mol. The monoisotopic (exact) mass is 496 g/mol. The van der Waals surface area contributed by atoms with E-state index in [2.05, 4.69) is 91.0 Å². The van der Waals surface area contributed by atoms with E-state index in [0.717, 1.165) is 49.7 Å². The molecule has 0 aliphatic rings. The predicted octanol–water partition coefficient (Wildman–Crippen LogP) is 9.76. The molecule has 0 aliphatic carbocycles. The predicted molar refractivity (Wildman–Crippen MR) is 161 cm³/mol. The van der Waals surface area contributed by atoms with E-state index in [0.29, 0.717) is 5.82 Å². The Morgan fingerprint density at radius 1 is 0.462 bits per heavy atom. The van der Waals surface area contributed by atoms with Crippen LogP contribution in [-0.4, -0.2) is 9.97 Å². The quantitative estimate of drug-likeness (QED) is 0.224. The van der Waals surface area contributed by atoms with Gasteiger partial charge >= 0.3 is 0 Å². The Labute approximate surface area is 223 Å². The smallest absolute Gasteiger partial charge is 0.164 e.